The van der Waals surface area contributed by atoms with E-state index in [9.17, 15) is 14.7 Å². The highest BCUT2D eigenvalue weighted by Gasteiger charge is 2.55. The third-order valence-corrected chi connectivity index (χ3v) is 4.91. The molecule has 0 radical (unpaired) electrons. The molecule has 2 aliphatic heterocycles. The molecule has 2 fully saturated rings. The van der Waals surface area contributed by atoms with Crippen LogP contribution in [0.2, 0.25) is 0 Å². The van der Waals surface area contributed by atoms with Crippen molar-refractivity contribution >= 4 is 28.3 Å². The van der Waals surface area contributed by atoms with Gasteiger partial charge >= 0.3 is 5.97 Å². The first-order valence-electron chi connectivity index (χ1n) is 7.82. The molecule has 4 atom stereocenters. The van der Waals surface area contributed by atoms with E-state index >= 15 is 0 Å². The molecule has 4 rings (SSSR count). The second kappa shape index (κ2) is 5.35. The topological polar surface area (TPSA) is 75.6 Å². The minimum atomic E-state index is -0.949. The molecule has 0 unspecified atom stereocenters. The van der Waals surface area contributed by atoms with Gasteiger partial charge in [-0.1, -0.05) is 36.4 Å². The largest absolute Gasteiger partial charge is 0.481 e. The number of nitrogens with one attached hydrogen (secondary N) is 1. The quantitative estimate of drug-likeness (QED) is 0.914. The Balaban J connectivity index is 1.63. The van der Waals surface area contributed by atoms with Gasteiger partial charge in [0.15, 0.2) is 0 Å². The smallest absolute Gasteiger partial charge is 0.310 e. The second-order valence-electron chi connectivity index (χ2n) is 6.20. The number of amides is 1. The van der Waals surface area contributed by atoms with Gasteiger partial charge in [0.2, 0.25) is 5.91 Å². The van der Waals surface area contributed by atoms with Crippen LogP contribution in [0, 0.1) is 11.8 Å². The summed E-state index contributed by atoms with van der Waals surface area (Å²) in [7, 11) is 0. The van der Waals surface area contributed by atoms with Crippen LogP contribution in [-0.4, -0.2) is 29.2 Å². The summed E-state index contributed by atoms with van der Waals surface area (Å²) in [6.45, 7) is 0. The zero-order chi connectivity index (χ0) is 16.0. The van der Waals surface area contributed by atoms with Crippen molar-refractivity contribution in [1.82, 2.24) is 0 Å². The van der Waals surface area contributed by atoms with Gasteiger partial charge in [-0.05, 0) is 24.3 Å². The van der Waals surface area contributed by atoms with Crippen LogP contribution >= 0.6 is 0 Å². The normalized spacial score (nSPS) is 28.9. The van der Waals surface area contributed by atoms with E-state index in [4.69, 9.17) is 4.74 Å². The number of benzene rings is 2. The molecule has 2 heterocycles. The molecule has 2 bridgehead atoms. The second-order valence-corrected chi connectivity index (χ2v) is 6.20. The Morgan fingerprint density at radius 1 is 1.00 bits per heavy atom. The summed E-state index contributed by atoms with van der Waals surface area (Å²) in [6, 6.07) is 13.5. The molecule has 2 aliphatic rings. The summed E-state index contributed by atoms with van der Waals surface area (Å²) in [5.74, 6) is -2.58. The predicted molar refractivity (Wildman–Crippen MR) is 85.1 cm³/mol. The van der Waals surface area contributed by atoms with Gasteiger partial charge in [0.25, 0.3) is 0 Å². The molecule has 0 aliphatic carbocycles. The maximum Gasteiger partial charge on any atom is 0.310 e. The molecular formula is C18H17NO4. The zero-order valence-corrected chi connectivity index (χ0v) is 12.4. The summed E-state index contributed by atoms with van der Waals surface area (Å²) in [6.07, 6.45) is 0.860. The fraction of sp³-hybridized carbons (Fsp3) is 0.333. The molecule has 5 heteroatoms. The molecule has 5 nitrogen and oxygen atoms in total. The van der Waals surface area contributed by atoms with Crippen LogP contribution in [0.25, 0.3) is 10.8 Å². The fourth-order valence-electron chi connectivity index (χ4n) is 3.88. The van der Waals surface area contributed by atoms with Gasteiger partial charge < -0.3 is 15.2 Å². The van der Waals surface area contributed by atoms with Crippen LogP contribution in [0.4, 0.5) is 5.69 Å². The lowest BCUT2D eigenvalue weighted by Crippen LogP contribution is -2.40. The zero-order valence-electron chi connectivity index (χ0n) is 12.4. The molecule has 2 aromatic carbocycles. The molecule has 2 aromatic rings. The van der Waals surface area contributed by atoms with Crippen LogP contribution in [-0.2, 0) is 14.3 Å². The summed E-state index contributed by atoms with van der Waals surface area (Å²) < 4.78 is 5.66. The Kier molecular flexibility index (Phi) is 3.31. The molecule has 0 spiro atoms. The van der Waals surface area contributed by atoms with E-state index in [1.165, 1.54) is 0 Å². The number of aliphatic carboxylic acids is 1. The lowest BCUT2D eigenvalue weighted by molar-refractivity contribution is -0.147. The van der Waals surface area contributed by atoms with E-state index in [-0.39, 0.29) is 18.1 Å². The first kappa shape index (κ1) is 14.2. The number of carbonyl (C=O) groups excluding carboxylic acids is 1. The van der Waals surface area contributed by atoms with E-state index in [0.29, 0.717) is 5.69 Å². The van der Waals surface area contributed by atoms with Gasteiger partial charge in [0.05, 0.1) is 24.0 Å². The van der Waals surface area contributed by atoms with Crippen LogP contribution < -0.4 is 5.32 Å². The molecule has 2 N–H and O–H groups in total. The van der Waals surface area contributed by atoms with Gasteiger partial charge in [-0.2, -0.15) is 0 Å². The average molecular weight is 311 g/mol. The van der Waals surface area contributed by atoms with Crippen molar-refractivity contribution in [3.63, 3.8) is 0 Å². The molecular weight excluding hydrogens is 294 g/mol. The first-order valence-corrected chi connectivity index (χ1v) is 7.82. The first-order chi connectivity index (χ1) is 11.1. The monoisotopic (exact) mass is 311 g/mol. The van der Waals surface area contributed by atoms with Crippen LogP contribution in [0.15, 0.2) is 42.5 Å². The highest BCUT2D eigenvalue weighted by molar-refractivity contribution is 6.04. The van der Waals surface area contributed by atoms with Crippen molar-refractivity contribution in [3.8, 4) is 0 Å². The predicted octanol–water partition coefficient (Wildman–Crippen LogP) is 2.66. The lowest BCUT2D eigenvalue weighted by Gasteiger charge is -2.24. The van der Waals surface area contributed by atoms with Gasteiger partial charge in [-0.15, -0.1) is 0 Å². The number of hydrogen-bond donors (Lipinski definition) is 2. The number of anilines is 1. The van der Waals surface area contributed by atoms with Crippen molar-refractivity contribution < 1.29 is 19.4 Å². The minimum Gasteiger partial charge on any atom is -0.481 e. The Labute approximate surface area is 133 Å². The van der Waals surface area contributed by atoms with E-state index < -0.39 is 17.8 Å². The SMILES string of the molecule is O=C(O)[C@@H]1[C@H](C(=O)Nc2cccc3ccccc23)[C@H]2CC[C@@H]1O2. The van der Waals surface area contributed by atoms with Crippen molar-refractivity contribution in [3.05, 3.63) is 42.5 Å². The number of fused-ring (bicyclic) bond motifs is 3. The van der Waals surface area contributed by atoms with Crippen molar-refractivity contribution in [1.29, 1.82) is 0 Å². The standard InChI is InChI=1S/C18H17NO4/c20-17(15-13-8-9-14(23-13)16(15)18(21)22)19-12-7-3-5-10-4-1-2-6-11(10)12/h1-7,13-16H,8-9H2,(H,19,20)(H,21,22)/t13-,14+,15-,16+/m1/s1. The number of carboxylic acids is 1. The van der Waals surface area contributed by atoms with Crippen LogP contribution in [0.5, 0.6) is 0 Å². The maximum absolute atomic E-state index is 12.7. The number of carbonyl (C=O) groups is 2. The lowest BCUT2D eigenvalue weighted by atomic mass is 9.78. The van der Waals surface area contributed by atoms with Gasteiger partial charge in [0.1, 0.15) is 0 Å². The Morgan fingerprint density at radius 2 is 1.70 bits per heavy atom. The number of hydrogen-bond acceptors (Lipinski definition) is 3. The Bertz CT molecular complexity index is 782. The third kappa shape index (κ3) is 2.28. The molecule has 0 aromatic heterocycles. The summed E-state index contributed by atoms with van der Waals surface area (Å²) >= 11 is 0. The van der Waals surface area contributed by atoms with Crippen LogP contribution in [0.3, 0.4) is 0 Å². The minimum absolute atomic E-state index is 0.263. The number of ether oxygens (including phenoxy) is 1. The van der Waals surface area contributed by atoms with Gasteiger partial charge in [-0.3, -0.25) is 9.59 Å². The molecule has 2 saturated heterocycles. The number of rotatable bonds is 3. The molecule has 1 amide bonds. The number of carboxylic acid groups (broad SMARTS) is 1. The summed E-state index contributed by atoms with van der Waals surface area (Å²) in [5.41, 5.74) is 0.708. The van der Waals surface area contributed by atoms with Crippen molar-refractivity contribution in [2.75, 3.05) is 5.32 Å². The molecule has 0 saturated carbocycles. The highest BCUT2D eigenvalue weighted by atomic mass is 16.5. The van der Waals surface area contributed by atoms with Crippen molar-refractivity contribution in [2.45, 2.75) is 25.0 Å². The van der Waals surface area contributed by atoms with Crippen molar-refractivity contribution in [2.24, 2.45) is 11.8 Å². The Hall–Kier alpha value is -2.40. The van der Waals surface area contributed by atoms with E-state index in [2.05, 4.69) is 5.32 Å². The highest BCUT2D eigenvalue weighted by Crippen LogP contribution is 2.44. The molecule has 23 heavy (non-hydrogen) atoms. The maximum atomic E-state index is 12.7. The van der Waals surface area contributed by atoms with E-state index in [0.717, 1.165) is 23.6 Å². The van der Waals surface area contributed by atoms with E-state index in [1.807, 2.05) is 42.5 Å². The molecule has 118 valence electrons. The average Bonchev–Trinajstić information content (AvgIpc) is 3.16. The van der Waals surface area contributed by atoms with Crippen LogP contribution in [0.1, 0.15) is 12.8 Å². The van der Waals surface area contributed by atoms with Gasteiger partial charge in [-0.25, -0.2) is 0 Å². The third-order valence-electron chi connectivity index (χ3n) is 4.91. The Morgan fingerprint density at radius 3 is 2.48 bits per heavy atom. The summed E-state index contributed by atoms with van der Waals surface area (Å²) in [5, 5.41) is 14.3. The summed E-state index contributed by atoms with van der Waals surface area (Å²) in [4.78, 5) is 24.2. The van der Waals surface area contributed by atoms with Gasteiger partial charge in [0, 0.05) is 11.1 Å². The van der Waals surface area contributed by atoms with E-state index in [1.54, 1.807) is 0 Å². The fourth-order valence-corrected chi connectivity index (χ4v) is 3.88.